The van der Waals surface area contributed by atoms with Crippen LogP contribution in [0.15, 0.2) is 12.1 Å². The fourth-order valence-electron chi connectivity index (χ4n) is 3.77. The summed E-state index contributed by atoms with van der Waals surface area (Å²) < 4.78 is 5.09. The Morgan fingerprint density at radius 1 is 1.30 bits per heavy atom. The molecule has 2 N–H and O–H groups in total. The molecule has 27 heavy (non-hydrogen) atoms. The predicted molar refractivity (Wildman–Crippen MR) is 102 cm³/mol. The van der Waals surface area contributed by atoms with Crippen molar-refractivity contribution in [2.75, 3.05) is 20.2 Å². The number of aromatic amines is 1. The van der Waals surface area contributed by atoms with Gasteiger partial charge in [0.05, 0.1) is 7.11 Å². The molecule has 7 nitrogen and oxygen atoms in total. The van der Waals surface area contributed by atoms with Gasteiger partial charge in [0.1, 0.15) is 22.4 Å². The first-order valence-corrected chi connectivity index (χ1v) is 9.61. The van der Waals surface area contributed by atoms with Crippen molar-refractivity contribution in [2.24, 2.45) is 5.41 Å². The number of likely N-dealkylation sites (tertiary alicyclic amines) is 1. The van der Waals surface area contributed by atoms with Crippen LogP contribution in [0, 0.1) is 5.41 Å². The van der Waals surface area contributed by atoms with Crippen LogP contribution in [-0.4, -0.2) is 52.9 Å². The van der Waals surface area contributed by atoms with Crippen LogP contribution in [0.25, 0.3) is 11.0 Å². The van der Waals surface area contributed by atoms with Gasteiger partial charge in [0, 0.05) is 18.5 Å². The predicted octanol–water partition coefficient (Wildman–Crippen LogP) is 2.75. The summed E-state index contributed by atoms with van der Waals surface area (Å²) in [6.07, 6.45) is 4.75. The third-order valence-electron chi connectivity index (χ3n) is 5.78. The van der Waals surface area contributed by atoms with Crippen molar-refractivity contribution < 1.29 is 14.3 Å². The van der Waals surface area contributed by atoms with Crippen LogP contribution in [0.5, 0.6) is 5.88 Å². The lowest BCUT2D eigenvalue weighted by Gasteiger charge is -2.33. The molecule has 144 valence electrons. The first kappa shape index (κ1) is 18.1. The van der Waals surface area contributed by atoms with Crippen molar-refractivity contribution in [1.82, 2.24) is 20.2 Å². The lowest BCUT2D eigenvalue weighted by molar-refractivity contribution is -0.134. The molecule has 3 heterocycles. The van der Waals surface area contributed by atoms with Gasteiger partial charge < -0.3 is 19.9 Å². The quantitative estimate of drug-likeness (QED) is 0.840. The number of amides is 2. The molecule has 0 unspecified atom stereocenters. The van der Waals surface area contributed by atoms with Crippen molar-refractivity contribution in [3.63, 3.8) is 0 Å². The van der Waals surface area contributed by atoms with E-state index in [0.717, 1.165) is 25.9 Å². The monoisotopic (exact) mass is 390 g/mol. The summed E-state index contributed by atoms with van der Waals surface area (Å²) in [6, 6.07) is 2.77. The Kier molecular flexibility index (Phi) is 4.50. The number of hydrogen-bond acceptors (Lipinski definition) is 4. The van der Waals surface area contributed by atoms with Crippen molar-refractivity contribution in [2.45, 2.75) is 38.6 Å². The van der Waals surface area contributed by atoms with E-state index >= 15 is 0 Å². The Morgan fingerprint density at radius 2 is 2.00 bits per heavy atom. The number of methoxy groups -OCH3 is 1. The SMILES string of the molecule is COc1nc2[nH]c(C(=O)N[C@H](C)C(=O)N3CCC4(CC3)CC4)cc2cc1Cl. The van der Waals surface area contributed by atoms with Crippen LogP contribution < -0.4 is 10.1 Å². The number of piperidine rings is 1. The average molecular weight is 391 g/mol. The van der Waals surface area contributed by atoms with Gasteiger partial charge in [-0.05, 0) is 50.2 Å². The highest BCUT2D eigenvalue weighted by atomic mass is 35.5. The second-order valence-corrected chi connectivity index (χ2v) is 8.03. The fraction of sp³-hybridized carbons (Fsp3) is 0.526. The zero-order chi connectivity index (χ0) is 19.2. The zero-order valence-electron chi connectivity index (χ0n) is 15.5. The number of aromatic nitrogens is 2. The van der Waals surface area contributed by atoms with E-state index in [1.54, 1.807) is 19.1 Å². The van der Waals surface area contributed by atoms with E-state index in [1.165, 1.54) is 20.0 Å². The van der Waals surface area contributed by atoms with Crippen LogP contribution in [0.3, 0.4) is 0 Å². The van der Waals surface area contributed by atoms with Crippen LogP contribution in [0.1, 0.15) is 43.1 Å². The minimum Gasteiger partial charge on any atom is -0.480 e. The first-order chi connectivity index (χ1) is 12.9. The Balaban J connectivity index is 1.42. The highest BCUT2D eigenvalue weighted by Crippen LogP contribution is 2.53. The number of carbonyl (C=O) groups excluding carboxylic acids is 2. The molecule has 1 saturated carbocycles. The van der Waals surface area contributed by atoms with Gasteiger partial charge in [0.15, 0.2) is 0 Å². The van der Waals surface area contributed by atoms with Crippen molar-refractivity contribution in [1.29, 1.82) is 0 Å². The number of H-pyrrole nitrogens is 1. The molecule has 8 heteroatoms. The summed E-state index contributed by atoms with van der Waals surface area (Å²) in [5.74, 6) is -0.0857. The van der Waals surface area contributed by atoms with Gasteiger partial charge in [-0.1, -0.05) is 11.6 Å². The van der Waals surface area contributed by atoms with Gasteiger partial charge in [0.2, 0.25) is 11.8 Å². The van der Waals surface area contributed by atoms with E-state index in [4.69, 9.17) is 16.3 Å². The third-order valence-corrected chi connectivity index (χ3v) is 6.05. The topological polar surface area (TPSA) is 87.3 Å². The summed E-state index contributed by atoms with van der Waals surface area (Å²) in [6.45, 7) is 3.30. The van der Waals surface area contributed by atoms with Gasteiger partial charge in [-0.3, -0.25) is 9.59 Å². The van der Waals surface area contributed by atoms with Gasteiger partial charge in [0.25, 0.3) is 5.91 Å². The molecule has 2 aromatic heterocycles. The largest absolute Gasteiger partial charge is 0.480 e. The Labute approximate surface area is 162 Å². The maximum absolute atomic E-state index is 12.7. The lowest BCUT2D eigenvalue weighted by Crippen LogP contribution is -2.49. The standard InChI is InChI=1S/C19H23ClN4O3/c1-11(18(26)24-7-5-19(3-4-19)6-8-24)21-16(25)14-10-12-9-13(20)17(27-2)23-15(12)22-14/h9-11H,3-8H2,1-2H3,(H,21,25)(H,22,23)/t11-/m1/s1. The first-order valence-electron chi connectivity index (χ1n) is 9.24. The van der Waals surface area contributed by atoms with Gasteiger partial charge >= 0.3 is 0 Å². The van der Waals surface area contributed by atoms with E-state index < -0.39 is 6.04 Å². The number of halogens is 1. The molecular formula is C19H23ClN4O3. The molecule has 0 bridgehead atoms. The fourth-order valence-corrected chi connectivity index (χ4v) is 4.01. The molecule has 2 fully saturated rings. The maximum atomic E-state index is 12.7. The Morgan fingerprint density at radius 3 is 2.63 bits per heavy atom. The van der Waals surface area contributed by atoms with E-state index in [0.29, 0.717) is 33.0 Å². The minimum absolute atomic E-state index is 0.0298. The molecule has 2 aliphatic rings. The Bertz CT molecular complexity index is 896. The molecule has 1 aliphatic carbocycles. The van der Waals surface area contributed by atoms with Gasteiger partial charge in [-0.2, -0.15) is 4.98 Å². The van der Waals surface area contributed by atoms with Crippen LogP contribution in [0.2, 0.25) is 5.02 Å². The number of pyridine rings is 1. The lowest BCUT2D eigenvalue weighted by atomic mass is 9.93. The van der Waals surface area contributed by atoms with Gasteiger partial charge in [-0.15, -0.1) is 0 Å². The van der Waals surface area contributed by atoms with E-state index in [9.17, 15) is 9.59 Å². The summed E-state index contributed by atoms with van der Waals surface area (Å²) in [7, 11) is 1.48. The summed E-state index contributed by atoms with van der Waals surface area (Å²) >= 11 is 6.08. The maximum Gasteiger partial charge on any atom is 0.268 e. The molecule has 2 aromatic rings. The molecule has 4 rings (SSSR count). The van der Waals surface area contributed by atoms with Crippen molar-refractivity contribution >= 4 is 34.4 Å². The number of hydrogen-bond donors (Lipinski definition) is 2. The number of nitrogens with one attached hydrogen (secondary N) is 2. The number of carbonyl (C=O) groups is 2. The van der Waals surface area contributed by atoms with Crippen LogP contribution >= 0.6 is 11.6 Å². The average Bonchev–Trinajstić information content (AvgIpc) is 3.28. The highest BCUT2D eigenvalue weighted by Gasteiger charge is 2.45. The number of rotatable bonds is 4. The van der Waals surface area contributed by atoms with E-state index in [-0.39, 0.29) is 11.8 Å². The molecule has 1 saturated heterocycles. The Hall–Kier alpha value is -2.28. The third kappa shape index (κ3) is 3.48. The zero-order valence-corrected chi connectivity index (χ0v) is 16.2. The number of ether oxygens (including phenoxy) is 1. The molecule has 1 spiro atoms. The normalized spacial score (nSPS) is 19.1. The van der Waals surface area contributed by atoms with Crippen LogP contribution in [0.4, 0.5) is 0 Å². The number of fused-ring (bicyclic) bond motifs is 1. The smallest absolute Gasteiger partial charge is 0.268 e. The van der Waals surface area contributed by atoms with E-state index in [1.807, 2.05) is 4.90 Å². The molecule has 1 aliphatic heterocycles. The molecular weight excluding hydrogens is 368 g/mol. The summed E-state index contributed by atoms with van der Waals surface area (Å²) in [5.41, 5.74) is 1.35. The number of nitrogens with zero attached hydrogens (tertiary/aromatic N) is 2. The summed E-state index contributed by atoms with van der Waals surface area (Å²) in [5, 5.41) is 3.86. The van der Waals surface area contributed by atoms with Gasteiger partial charge in [-0.25, -0.2) is 0 Å². The molecule has 0 aromatic carbocycles. The second-order valence-electron chi connectivity index (χ2n) is 7.62. The van der Waals surface area contributed by atoms with Crippen molar-refractivity contribution in [3.05, 3.63) is 22.8 Å². The highest BCUT2D eigenvalue weighted by molar-refractivity contribution is 6.32. The van der Waals surface area contributed by atoms with Crippen LogP contribution in [-0.2, 0) is 4.79 Å². The molecule has 0 radical (unpaired) electrons. The molecule has 2 amide bonds. The van der Waals surface area contributed by atoms with E-state index in [2.05, 4.69) is 15.3 Å². The minimum atomic E-state index is -0.580. The van der Waals surface area contributed by atoms with Crippen molar-refractivity contribution in [3.8, 4) is 5.88 Å². The summed E-state index contributed by atoms with van der Waals surface area (Å²) in [4.78, 5) is 34.3. The second kappa shape index (κ2) is 6.71. The molecule has 1 atom stereocenters.